The second-order valence-corrected chi connectivity index (χ2v) is 5.39. The van der Waals surface area contributed by atoms with Crippen LogP contribution in [0.1, 0.15) is 24.0 Å². The van der Waals surface area contributed by atoms with Gasteiger partial charge >= 0.3 is 0 Å². The Bertz CT molecular complexity index is 489. The minimum atomic E-state index is 0.0666. The Kier molecular flexibility index (Phi) is 5.23. The Morgan fingerprint density at radius 1 is 1.55 bits per heavy atom. The van der Waals surface area contributed by atoms with E-state index in [1.807, 2.05) is 12.1 Å². The van der Waals surface area contributed by atoms with Gasteiger partial charge in [0.2, 0.25) is 0 Å². The van der Waals surface area contributed by atoms with Crippen molar-refractivity contribution in [1.29, 1.82) is 0 Å². The van der Waals surface area contributed by atoms with E-state index in [0.29, 0.717) is 16.6 Å². The first-order valence-corrected chi connectivity index (χ1v) is 7.02. The summed E-state index contributed by atoms with van der Waals surface area (Å²) >= 11 is 6.28. The molecule has 0 heterocycles. The maximum atomic E-state index is 8.67. The topological polar surface area (TPSA) is 71.1 Å². The van der Waals surface area contributed by atoms with Crippen LogP contribution in [0.3, 0.4) is 0 Å². The molecule has 0 radical (unpaired) electrons. The lowest BCUT2D eigenvalue weighted by Crippen LogP contribution is -2.29. The molecule has 110 valence electrons. The van der Waals surface area contributed by atoms with E-state index < -0.39 is 0 Å². The Hall–Kier alpha value is -1.30. The largest absolute Gasteiger partial charge is 0.409 e. The monoisotopic (exact) mass is 297 g/mol. The SMILES string of the molecule is COCCN(Cc1ccc(/C(N)=N/O)cc1Cl)C1CC1. The maximum absolute atomic E-state index is 8.67. The molecule has 20 heavy (non-hydrogen) atoms. The van der Waals surface area contributed by atoms with Crippen LogP contribution in [0.15, 0.2) is 23.4 Å². The van der Waals surface area contributed by atoms with Crippen LogP contribution in [-0.2, 0) is 11.3 Å². The summed E-state index contributed by atoms with van der Waals surface area (Å²) in [6, 6.07) is 6.12. The van der Waals surface area contributed by atoms with E-state index in [2.05, 4.69) is 10.1 Å². The van der Waals surface area contributed by atoms with Gasteiger partial charge in [0, 0.05) is 36.8 Å². The van der Waals surface area contributed by atoms with Gasteiger partial charge < -0.3 is 15.7 Å². The second kappa shape index (κ2) is 6.92. The molecule has 6 heteroatoms. The van der Waals surface area contributed by atoms with Gasteiger partial charge in [-0.1, -0.05) is 28.9 Å². The molecule has 1 aliphatic carbocycles. The minimum absolute atomic E-state index is 0.0666. The summed E-state index contributed by atoms with van der Waals surface area (Å²) in [6.45, 7) is 2.42. The molecule has 3 N–H and O–H groups in total. The van der Waals surface area contributed by atoms with Crippen molar-refractivity contribution < 1.29 is 9.94 Å². The molecule has 0 bridgehead atoms. The quantitative estimate of drug-likeness (QED) is 0.350. The van der Waals surface area contributed by atoms with Crippen LogP contribution in [0, 0.1) is 0 Å². The Balaban J connectivity index is 2.07. The minimum Gasteiger partial charge on any atom is -0.409 e. The third kappa shape index (κ3) is 3.85. The number of oxime groups is 1. The third-order valence-electron chi connectivity index (χ3n) is 3.48. The van der Waals surface area contributed by atoms with E-state index in [1.54, 1.807) is 13.2 Å². The zero-order valence-corrected chi connectivity index (χ0v) is 12.3. The average molecular weight is 298 g/mol. The molecule has 0 unspecified atom stereocenters. The summed E-state index contributed by atoms with van der Waals surface area (Å²) < 4.78 is 5.15. The second-order valence-electron chi connectivity index (χ2n) is 4.99. The highest BCUT2D eigenvalue weighted by Crippen LogP contribution is 2.29. The van der Waals surface area contributed by atoms with Crippen molar-refractivity contribution in [2.45, 2.75) is 25.4 Å². The van der Waals surface area contributed by atoms with E-state index in [9.17, 15) is 0 Å². The van der Waals surface area contributed by atoms with Gasteiger partial charge in [0.25, 0.3) is 0 Å². The lowest BCUT2D eigenvalue weighted by molar-refractivity contribution is 0.139. The van der Waals surface area contributed by atoms with Gasteiger partial charge in [-0.2, -0.15) is 0 Å². The van der Waals surface area contributed by atoms with Gasteiger partial charge in [0.05, 0.1) is 6.61 Å². The van der Waals surface area contributed by atoms with Crippen molar-refractivity contribution in [2.24, 2.45) is 10.9 Å². The third-order valence-corrected chi connectivity index (χ3v) is 3.83. The molecule has 5 nitrogen and oxygen atoms in total. The zero-order chi connectivity index (χ0) is 14.5. The standard InChI is InChI=1S/C14H20ClN3O2/c1-20-7-6-18(12-4-5-12)9-11-3-2-10(8-13(11)15)14(16)17-19/h2-3,8,12,19H,4-7,9H2,1H3,(H2,16,17). The average Bonchev–Trinajstić information content (AvgIpc) is 3.28. The molecule has 0 saturated heterocycles. The summed E-state index contributed by atoms with van der Waals surface area (Å²) in [7, 11) is 1.71. The fraction of sp³-hybridized carbons (Fsp3) is 0.500. The number of benzene rings is 1. The number of methoxy groups -OCH3 is 1. The molecule has 0 aromatic heterocycles. The van der Waals surface area contributed by atoms with Crippen LogP contribution in [-0.4, -0.2) is 42.2 Å². The van der Waals surface area contributed by atoms with E-state index in [-0.39, 0.29) is 5.84 Å². The van der Waals surface area contributed by atoms with Crippen molar-refractivity contribution in [3.05, 3.63) is 34.3 Å². The smallest absolute Gasteiger partial charge is 0.170 e. The van der Waals surface area contributed by atoms with Crippen LogP contribution in [0.25, 0.3) is 0 Å². The normalized spacial score (nSPS) is 15.8. The van der Waals surface area contributed by atoms with Crippen molar-refractivity contribution in [3.63, 3.8) is 0 Å². The van der Waals surface area contributed by atoms with Crippen LogP contribution in [0.2, 0.25) is 5.02 Å². The van der Waals surface area contributed by atoms with Crippen LogP contribution in [0.4, 0.5) is 0 Å². The van der Waals surface area contributed by atoms with Crippen LogP contribution < -0.4 is 5.73 Å². The van der Waals surface area contributed by atoms with Crippen LogP contribution in [0.5, 0.6) is 0 Å². The number of nitrogens with two attached hydrogens (primary N) is 1. The Labute approximate surface area is 124 Å². The number of halogens is 1. The van der Waals surface area contributed by atoms with E-state index >= 15 is 0 Å². The highest BCUT2D eigenvalue weighted by Gasteiger charge is 2.28. The number of hydrogen-bond acceptors (Lipinski definition) is 4. The maximum Gasteiger partial charge on any atom is 0.170 e. The van der Waals surface area contributed by atoms with E-state index in [1.165, 1.54) is 12.8 Å². The molecule has 1 aromatic carbocycles. The summed E-state index contributed by atoms with van der Waals surface area (Å²) in [5, 5.41) is 12.3. The van der Waals surface area contributed by atoms with Gasteiger partial charge in [0.15, 0.2) is 5.84 Å². The molecule has 1 fully saturated rings. The number of nitrogens with zero attached hydrogens (tertiary/aromatic N) is 2. The lowest BCUT2D eigenvalue weighted by Gasteiger charge is -2.22. The molecule has 2 rings (SSSR count). The highest BCUT2D eigenvalue weighted by atomic mass is 35.5. The first-order valence-electron chi connectivity index (χ1n) is 6.65. The summed E-state index contributed by atoms with van der Waals surface area (Å²) in [5.74, 6) is 0.0666. The van der Waals surface area contributed by atoms with Crippen molar-refractivity contribution in [2.75, 3.05) is 20.3 Å². The molecule has 1 saturated carbocycles. The lowest BCUT2D eigenvalue weighted by atomic mass is 10.1. The summed E-state index contributed by atoms with van der Waals surface area (Å²) in [6.07, 6.45) is 2.48. The first kappa shape index (κ1) is 15.1. The van der Waals surface area contributed by atoms with E-state index in [0.717, 1.165) is 25.3 Å². The van der Waals surface area contributed by atoms with Gasteiger partial charge in [-0.05, 0) is 24.5 Å². The van der Waals surface area contributed by atoms with Gasteiger partial charge in [-0.25, -0.2) is 0 Å². The fourth-order valence-corrected chi connectivity index (χ4v) is 2.39. The van der Waals surface area contributed by atoms with Gasteiger partial charge in [-0.15, -0.1) is 0 Å². The molecule has 0 spiro atoms. The van der Waals surface area contributed by atoms with Gasteiger partial charge in [0.1, 0.15) is 0 Å². The Morgan fingerprint density at radius 2 is 2.30 bits per heavy atom. The van der Waals surface area contributed by atoms with Crippen LogP contribution >= 0.6 is 11.6 Å². The first-order chi connectivity index (χ1) is 9.65. The number of ether oxygens (including phenoxy) is 1. The van der Waals surface area contributed by atoms with Crippen molar-refractivity contribution in [3.8, 4) is 0 Å². The molecule has 0 amide bonds. The zero-order valence-electron chi connectivity index (χ0n) is 11.6. The summed E-state index contributed by atoms with van der Waals surface area (Å²) in [5.41, 5.74) is 7.22. The van der Waals surface area contributed by atoms with Crippen molar-refractivity contribution in [1.82, 2.24) is 4.90 Å². The number of amidine groups is 1. The summed E-state index contributed by atoms with van der Waals surface area (Å²) in [4.78, 5) is 2.38. The fourth-order valence-electron chi connectivity index (χ4n) is 2.15. The molecule has 0 aliphatic heterocycles. The Morgan fingerprint density at radius 3 is 2.85 bits per heavy atom. The number of hydrogen-bond donors (Lipinski definition) is 2. The van der Waals surface area contributed by atoms with Crippen molar-refractivity contribution >= 4 is 17.4 Å². The molecular weight excluding hydrogens is 278 g/mol. The molecule has 1 aliphatic rings. The van der Waals surface area contributed by atoms with E-state index in [4.69, 9.17) is 27.3 Å². The van der Waals surface area contributed by atoms with Gasteiger partial charge in [-0.3, -0.25) is 4.90 Å². The highest BCUT2D eigenvalue weighted by molar-refractivity contribution is 6.31. The molecule has 1 aromatic rings. The predicted octanol–water partition coefficient (Wildman–Crippen LogP) is 2.05. The number of rotatable bonds is 7. The molecule has 0 atom stereocenters. The molecular formula is C14H20ClN3O2. The predicted molar refractivity (Wildman–Crippen MR) is 79.3 cm³/mol.